The molecular formula is C12H12N2O2. The highest BCUT2D eigenvalue weighted by molar-refractivity contribution is 5.85. The number of hydrogen-bond donors (Lipinski definition) is 0. The summed E-state index contributed by atoms with van der Waals surface area (Å²) in [5.74, 6) is -1.03. The van der Waals surface area contributed by atoms with Gasteiger partial charge in [-0.1, -0.05) is 24.8 Å². The zero-order chi connectivity index (χ0) is 11.7. The van der Waals surface area contributed by atoms with Gasteiger partial charge in [0.25, 0.3) is 0 Å². The lowest BCUT2D eigenvalue weighted by Crippen LogP contribution is -2.41. The summed E-state index contributed by atoms with van der Waals surface area (Å²) in [6.07, 6.45) is 1.67. The van der Waals surface area contributed by atoms with Crippen molar-refractivity contribution in [3.8, 4) is 0 Å². The first-order chi connectivity index (χ1) is 7.66. The smallest absolute Gasteiger partial charge is 0.305 e. The highest BCUT2D eigenvalue weighted by Gasteiger charge is 2.21. The largest absolute Gasteiger partial charge is 0.538 e. The third kappa shape index (κ3) is 1.39. The fourth-order valence-corrected chi connectivity index (χ4v) is 1.95. The third-order valence-electron chi connectivity index (χ3n) is 2.60. The van der Waals surface area contributed by atoms with E-state index in [0.717, 1.165) is 11.0 Å². The Morgan fingerprint density at radius 3 is 2.88 bits per heavy atom. The molecule has 1 aromatic carbocycles. The molecule has 82 valence electrons. The number of hydrogen-bond acceptors (Lipinski definition) is 2. The number of carboxylic acids is 1. The van der Waals surface area contributed by atoms with Crippen molar-refractivity contribution < 1.29 is 14.5 Å². The molecule has 4 nitrogen and oxygen atoms in total. The third-order valence-corrected chi connectivity index (χ3v) is 2.60. The lowest BCUT2D eigenvalue weighted by atomic mass is 10.3. The van der Waals surface area contributed by atoms with Gasteiger partial charge in [0, 0.05) is 0 Å². The first-order valence-corrected chi connectivity index (χ1v) is 4.96. The monoisotopic (exact) mass is 216 g/mol. The fourth-order valence-electron chi connectivity index (χ4n) is 1.95. The minimum Gasteiger partial charge on any atom is -0.538 e. The number of nitrogens with zero attached hydrogens (tertiary/aromatic N) is 2. The second-order valence-electron chi connectivity index (χ2n) is 3.56. The van der Waals surface area contributed by atoms with Crippen molar-refractivity contribution in [3.05, 3.63) is 42.7 Å². The second kappa shape index (κ2) is 3.81. The molecule has 0 unspecified atom stereocenters. The van der Waals surface area contributed by atoms with Gasteiger partial charge >= 0.3 is 5.82 Å². The average molecular weight is 216 g/mol. The maximum Gasteiger partial charge on any atom is 0.305 e. The summed E-state index contributed by atoms with van der Waals surface area (Å²) in [5.41, 5.74) is 1.73. The molecule has 0 N–H and O–H groups in total. The van der Waals surface area contributed by atoms with Gasteiger partial charge < -0.3 is 9.90 Å². The highest BCUT2D eigenvalue weighted by Crippen LogP contribution is 2.13. The summed E-state index contributed by atoms with van der Waals surface area (Å²) < 4.78 is 3.30. The Labute approximate surface area is 93.1 Å². The molecule has 0 amide bonds. The van der Waals surface area contributed by atoms with Crippen LogP contribution in [0.1, 0.15) is 10.6 Å². The quantitative estimate of drug-likeness (QED) is 0.536. The molecule has 2 aromatic rings. The van der Waals surface area contributed by atoms with Crippen LogP contribution in [0.25, 0.3) is 11.0 Å². The van der Waals surface area contributed by atoms with Crippen LogP contribution in [0.15, 0.2) is 36.9 Å². The predicted molar refractivity (Wildman–Crippen MR) is 57.6 cm³/mol. The second-order valence-corrected chi connectivity index (χ2v) is 3.56. The van der Waals surface area contributed by atoms with Crippen LogP contribution in [-0.2, 0) is 13.6 Å². The van der Waals surface area contributed by atoms with Gasteiger partial charge in [-0.3, -0.25) is 0 Å². The molecule has 0 spiro atoms. The first kappa shape index (κ1) is 10.4. The van der Waals surface area contributed by atoms with E-state index in [4.69, 9.17) is 0 Å². The van der Waals surface area contributed by atoms with Gasteiger partial charge in [-0.15, -0.1) is 0 Å². The predicted octanol–water partition coefficient (Wildman–Crippen LogP) is 0.0153. The molecule has 0 bridgehead atoms. The molecule has 4 heteroatoms. The Bertz CT molecular complexity index is 570. The van der Waals surface area contributed by atoms with Gasteiger partial charge in [-0.05, 0) is 12.1 Å². The zero-order valence-electron chi connectivity index (χ0n) is 9.01. The number of carbonyl (C=O) groups is 1. The van der Waals surface area contributed by atoms with Crippen LogP contribution in [0.4, 0.5) is 0 Å². The van der Waals surface area contributed by atoms with Gasteiger partial charge in [0.15, 0.2) is 17.0 Å². The van der Waals surface area contributed by atoms with Gasteiger partial charge in [0.05, 0.1) is 7.05 Å². The molecule has 0 aliphatic rings. The van der Waals surface area contributed by atoms with Gasteiger partial charge in [-0.2, -0.15) is 0 Å². The number of allylic oxidation sites excluding steroid dienone is 1. The number of rotatable bonds is 3. The van der Waals surface area contributed by atoms with Crippen LogP contribution in [0.2, 0.25) is 0 Å². The van der Waals surface area contributed by atoms with Crippen molar-refractivity contribution in [1.29, 1.82) is 0 Å². The molecule has 0 fully saturated rings. The minimum absolute atomic E-state index is 0.154. The normalized spacial score (nSPS) is 10.6. The van der Waals surface area contributed by atoms with Gasteiger partial charge in [0.2, 0.25) is 0 Å². The SMILES string of the molecule is C=CCn1c(C(=O)[O-])[n+](C)c2ccccc21. The molecule has 0 aliphatic heterocycles. The number of fused-ring (bicyclic) bond motifs is 1. The summed E-state index contributed by atoms with van der Waals surface area (Å²) in [5, 5.41) is 11.1. The molecule has 0 saturated carbocycles. The molecule has 0 radical (unpaired) electrons. The maximum absolute atomic E-state index is 11.1. The summed E-state index contributed by atoms with van der Waals surface area (Å²) >= 11 is 0. The molecule has 16 heavy (non-hydrogen) atoms. The van der Waals surface area contributed by atoms with Crippen LogP contribution in [0.3, 0.4) is 0 Å². The van der Waals surface area contributed by atoms with Crippen molar-refractivity contribution in [2.75, 3.05) is 0 Å². The van der Waals surface area contributed by atoms with Gasteiger partial charge in [-0.25, -0.2) is 9.13 Å². The zero-order valence-corrected chi connectivity index (χ0v) is 9.01. The number of carbonyl (C=O) groups excluding carboxylic acids is 1. The lowest BCUT2D eigenvalue weighted by Gasteiger charge is -2.00. The van der Waals surface area contributed by atoms with Crippen LogP contribution < -0.4 is 9.67 Å². The summed E-state index contributed by atoms with van der Waals surface area (Å²) in [4.78, 5) is 11.1. The molecule has 2 rings (SSSR count). The summed E-state index contributed by atoms with van der Waals surface area (Å²) in [6, 6.07) is 7.51. The molecule has 0 atom stereocenters. The number of aryl methyl sites for hydroxylation is 1. The Morgan fingerprint density at radius 2 is 2.25 bits per heavy atom. The molecule has 0 aliphatic carbocycles. The van der Waals surface area contributed by atoms with E-state index < -0.39 is 5.97 Å². The van der Waals surface area contributed by atoms with Crippen LogP contribution >= 0.6 is 0 Å². The van der Waals surface area contributed by atoms with E-state index in [1.807, 2.05) is 24.3 Å². The maximum atomic E-state index is 11.1. The van der Waals surface area contributed by atoms with Crippen molar-refractivity contribution in [2.45, 2.75) is 6.54 Å². The van der Waals surface area contributed by atoms with E-state index in [-0.39, 0.29) is 5.82 Å². The number of para-hydroxylation sites is 2. The van der Waals surface area contributed by atoms with E-state index in [0.29, 0.717) is 6.54 Å². The van der Waals surface area contributed by atoms with Crippen molar-refractivity contribution in [2.24, 2.45) is 7.05 Å². The van der Waals surface area contributed by atoms with E-state index in [1.165, 1.54) is 0 Å². The van der Waals surface area contributed by atoms with Crippen molar-refractivity contribution in [1.82, 2.24) is 4.57 Å². The number of carboxylic acid groups (broad SMARTS) is 1. The minimum atomic E-state index is -1.18. The number of benzene rings is 1. The molecular weight excluding hydrogens is 204 g/mol. The molecule has 1 heterocycles. The first-order valence-electron chi connectivity index (χ1n) is 4.96. The number of imidazole rings is 1. The standard InChI is InChI=1S/C12H12N2O2/c1-3-8-14-10-7-5-4-6-9(10)13(2)11(14)12(15)16/h3-7H,1,8H2,2H3. The molecule has 0 saturated heterocycles. The van der Waals surface area contributed by atoms with Crippen LogP contribution in [0.5, 0.6) is 0 Å². The molecule has 1 aromatic heterocycles. The fraction of sp³-hybridized carbons (Fsp3) is 0.167. The average Bonchev–Trinajstić information content (AvgIpc) is 2.54. The Hall–Kier alpha value is -2.10. The Kier molecular flexibility index (Phi) is 2.48. The number of aromatic nitrogens is 2. The van der Waals surface area contributed by atoms with E-state index in [2.05, 4.69) is 6.58 Å². The Morgan fingerprint density at radius 1 is 1.56 bits per heavy atom. The van der Waals surface area contributed by atoms with Crippen molar-refractivity contribution >= 4 is 17.0 Å². The van der Waals surface area contributed by atoms with Crippen LogP contribution in [0, 0.1) is 0 Å². The van der Waals surface area contributed by atoms with E-state index in [9.17, 15) is 9.90 Å². The topological polar surface area (TPSA) is 48.9 Å². The van der Waals surface area contributed by atoms with E-state index in [1.54, 1.807) is 22.3 Å². The lowest BCUT2D eigenvalue weighted by molar-refractivity contribution is -0.650. The van der Waals surface area contributed by atoms with E-state index >= 15 is 0 Å². The Balaban J connectivity index is 2.85. The summed E-state index contributed by atoms with van der Waals surface area (Å²) in [7, 11) is 1.72. The number of aromatic carboxylic acids is 1. The van der Waals surface area contributed by atoms with Crippen LogP contribution in [-0.4, -0.2) is 10.5 Å². The van der Waals surface area contributed by atoms with Gasteiger partial charge in [0.1, 0.15) is 6.54 Å². The summed E-state index contributed by atoms with van der Waals surface area (Å²) in [6.45, 7) is 4.08. The highest BCUT2D eigenvalue weighted by atomic mass is 16.4. The van der Waals surface area contributed by atoms with Crippen molar-refractivity contribution in [3.63, 3.8) is 0 Å².